The number of thiol groups is 1. The first-order chi connectivity index (χ1) is 9.58. The summed E-state index contributed by atoms with van der Waals surface area (Å²) in [6, 6.07) is 3.57. The molecule has 0 aliphatic heterocycles. The van der Waals surface area contributed by atoms with Gasteiger partial charge in [-0.25, -0.2) is 0 Å². The van der Waals surface area contributed by atoms with Crippen LogP contribution in [0.5, 0.6) is 0 Å². The lowest BCUT2D eigenvalue weighted by Gasteiger charge is -2.36. The molecule has 1 heterocycles. The number of nitrogens with zero attached hydrogens (tertiary/aromatic N) is 1. The van der Waals surface area contributed by atoms with E-state index in [9.17, 15) is 4.79 Å². The van der Waals surface area contributed by atoms with Crippen LogP contribution in [-0.4, -0.2) is 19.9 Å². The van der Waals surface area contributed by atoms with E-state index in [4.69, 9.17) is 9.69 Å². The fourth-order valence-electron chi connectivity index (χ4n) is 1.73. The average Bonchev–Trinajstić information content (AvgIpc) is 2.32. The van der Waals surface area contributed by atoms with Crippen LogP contribution in [0, 0.1) is 11.3 Å². The minimum absolute atomic E-state index is 0.187. The van der Waals surface area contributed by atoms with Gasteiger partial charge in [-0.1, -0.05) is 20.8 Å². The van der Waals surface area contributed by atoms with Crippen LogP contribution in [0.25, 0.3) is 0 Å². The minimum Gasteiger partial charge on any atom is -0.417 e. The molecule has 0 aliphatic carbocycles. The van der Waals surface area contributed by atoms with Gasteiger partial charge in [0.1, 0.15) is 6.07 Å². The molecule has 0 unspecified atom stereocenters. The Morgan fingerprint density at radius 3 is 2.57 bits per heavy atom. The molecule has 116 valence electrons. The summed E-state index contributed by atoms with van der Waals surface area (Å²) in [4.78, 5) is 14.0. The summed E-state index contributed by atoms with van der Waals surface area (Å²) in [5, 5.41) is 9.66. The second kappa shape index (κ2) is 6.82. The van der Waals surface area contributed by atoms with Crippen molar-refractivity contribution < 1.29 is 4.43 Å². The predicted octanol–water partition coefficient (Wildman–Crippen LogP) is 3.49. The molecule has 0 bridgehead atoms. The van der Waals surface area contributed by atoms with Gasteiger partial charge in [0.2, 0.25) is 5.56 Å². The molecule has 4 nitrogen and oxygen atoms in total. The van der Waals surface area contributed by atoms with Gasteiger partial charge in [-0.3, -0.25) is 4.79 Å². The number of nitriles is 1. The number of rotatable bonds is 5. The Kier molecular flexibility index (Phi) is 5.85. The highest BCUT2D eigenvalue weighted by molar-refractivity contribution is 7.80. The number of nitrogens with one attached hydrogen (secondary N) is 1. The number of aromatic amines is 1. The Balaban J connectivity index is 2.67. The Hall–Kier alpha value is -1.03. The van der Waals surface area contributed by atoms with E-state index in [1.54, 1.807) is 0 Å². The highest BCUT2D eigenvalue weighted by atomic mass is 32.1. The van der Waals surface area contributed by atoms with Crippen molar-refractivity contribution in [3.05, 3.63) is 27.5 Å². The maximum absolute atomic E-state index is 11.5. The molecule has 0 saturated heterocycles. The van der Waals surface area contributed by atoms with E-state index in [-0.39, 0.29) is 10.6 Å². The lowest BCUT2D eigenvalue weighted by molar-refractivity contribution is 0.282. The van der Waals surface area contributed by atoms with E-state index >= 15 is 0 Å². The smallest absolute Gasteiger partial charge is 0.249 e. The van der Waals surface area contributed by atoms with Crippen LogP contribution in [0.4, 0.5) is 0 Å². The lowest BCUT2D eigenvalue weighted by atomic mass is 10.1. The number of aryl methyl sites for hydroxylation is 1. The number of pyridine rings is 1. The monoisotopic (exact) mass is 324 g/mol. The van der Waals surface area contributed by atoms with Gasteiger partial charge in [-0.15, -0.1) is 12.6 Å². The molecule has 1 aromatic heterocycles. The summed E-state index contributed by atoms with van der Waals surface area (Å²) in [5.74, 6) is 0. The average molecular weight is 325 g/mol. The number of hydrogen-bond acceptors (Lipinski definition) is 4. The standard InChI is InChI=1S/C15H24N2O2SSi/c1-15(2,3)21(4,5)19-8-6-7-11-9-13(18)17-14(20)12(11)10-16/h9H,6-8H2,1-5H3,(H2,17,18,20). The van der Waals surface area contributed by atoms with Gasteiger partial charge in [0.15, 0.2) is 8.32 Å². The van der Waals surface area contributed by atoms with Crippen molar-refractivity contribution in [1.82, 2.24) is 4.98 Å². The Morgan fingerprint density at radius 2 is 2.05 bits per heavy atom. The van der Waals surface area contributed by atoms with Crippen LogP contribution >= 0.6 is 12.6 Å². The second-order valence-corrected chi connectivity index (χ2v) is 12.0. The number of H-pyrrole nitrogens is 1. The molecule has 6 heteroatoms. The van der Waals surface area contributed by atoms with Crippen molar-refractivity contribution in [2.24, 2.45) is 0 Å². The maximum atomic E-state index is 11.5. The molecule has 0 aliphatic rings. The molecule has 1 rings (SSSR count). The normalized spacial score (nSPS) is 12.2. The summed E-state index contributed by atoms with van der Waals surface area (Å²) in [6.07, 6.45) is 1.44. The summed E-state index contributed by atoms with van der Waals surface area (Å²) in [5.41, 5.74) is 0.967. The Labute approximate surface area is 133 Å². The van der Waals surface area contributed by atoms with Gasteiger partial charge in [0, 0.05) is 12.7 Å². The third-order valence-electron chi connectivity index (χ3n) is 4.08. The molecule has 0 amide bonds. The zero-order valence-corrected chi connectivity index (χ0v) is 15.3. The third kappa shape index (κ3) is 4.73. The van der Waals surface area contributed by atoms with Gasteiger partial charge in [-0.05, 0) is 36.5 Å². The maximum Gasteiger partial charge on any atom is 0.249 e. The van der Waals surface area contributed by atoms with E-state index < -0.39 is 8.32 Å². The number of aromatic nitrogens is 1. The zero-order chi connectivity index (χ0) is 16.3. The van der Waals surface area contributed by atoms with E-state index in [0.717, 1.165) is 12.0 Å². The van der Waals surface area contributed by atoms with Gasteiger partial charge in [0.25, 0.3) is 0 Å². The zero-order valence-electron chi connectivity index (χ0n) is 13.4. The first-order valence-electron chi connectivity index (χ1n) is 7.08. The topological polar surface area (TPSA) is 65.9 Å². The van der Waals surface area contributed by atoms with E-state index in [1.807, 2.05) is 0 Å². The van der Waals surface area contributed by atoms with Crippen molar-refractivity contribution in [3.8, 4) is 6.07 Å². The quantitative estimate of drug-likeness (QED) is 0.495. The van der Waals surface area contributed by atoms with Crippen LogP contribution < -0.4 is 5.56 Å². The van der Waals surface area contributed by atoms with Crippen molar-refractivity contribution in [2.45, 2.75) is 56.8 Å². The van der Waals surface area contributed by atoms with Crippen molar-refractivity contribution in [1.29, 1.82) is 5.26 Å². The van der Waals surface area contributed by atoms with Crippen molar-refractivity contribution in [2.75, 3.05) is 6.61 Å². The Morgan fingerprint density at radius 1 is 1.43 bits per heavy atom. The lowest BCUT2D eigenvalue weighted by Crippen LogP contribution is -2.41. The molecular weight excluding hydrogens is 300 g/mol. The van der Waals surface area contributed by atoms with Crippen LogP contribution in [-0.2, 0) is 10.8 Å². The largest absolute Gasteiger partial charge is 0.417 e. The first kappa shape index (κ1) is 18.0. The SMILES string of the molecule is CC(C)(C)[Si](C)(C)OCCCc1cc(=O)[nH]c(S)c1C#N. The molecule has 1 aromatic rings. The van der Waals surface area contributed by atoms with Crippen LogP contribution in [0.2, 0.25) is 18.1 Å². The van der Waals surface area contributed by atoms with Gasteiger partial charge in [-0.2, -0.15) is 5.26 Å². The van der Waals surface area contributed by atoms with Crippen LogP contribution in [0.1, 0.15) is 38.3 Å². The van der Waals surface area contributed by atoms with E-state index in [0.29, 0.717) is 23.6 Å². The molecule has 0 radical (unpaired) electrons. The summed E-state index contributed by atoms with van der Waals surface area (Å²) < 4.78 is 6.10. The molecule has 21 heavy (non-hydrogen) atoms. The molecule has 1 N–H and O–H groups in total. The van der Waals surface area contributed by atoms with E-state index in [2.05, 4.69) is 57.5 Å². The van der Waals surface area contributed by atoms with Crippen molar-refractivity contribution >= 4 is 20.9 Å². The van der Waals surface area contributed by atoms with Gasteiger partial charge >= 0.3 is 0 Å². The fraction of sp³-hybridized carbons (Fsp3) is 0.600. The summed E-state index contributed by atoms with van der Waals surface area (Å²) >= 11 is 4.14. The Bertz CT molecular complexity index is 597. The van der Waals surface area contributed by atoms with Crippen molar-refractivity contribution in [3.63, 3.8) is 0 Å². The summed E-state index contributed by atoms with van der Waals surface area (Å²) in [7, 11) is -1.73. The van der Waals surface area contributed by atoms with Crippen LogP contribution in [0.3, 0.4) is 0 Å². The first-order valence-corrected chi connectivity index (χ1v) is 10.4. The molecule has 0 atom stereocenters. The third-order valence-corrected chi connectivity index (χ3v) is 8.95. The van der Waals surface area contributed by atoms with E-state index in [1.165, 1.54) is 6.07 Å². The molecular formula is C15H24N2O2SSi. The van der Waals surface area contributed by atoms with Gasteiger partial charge < -0.3 is 9.41 Å². The molecule has 0 spiro atoms. The fourth-order valence-corrected chi connectivity index (χ4v) is 3.12. The molecule has 0 fully saturated rings. The minimum atomic E-state index is -1.73. The summed E-state index contributed by atoms with van der Waals surface area (Å²) in [6.45, 7) is 11.7. The highest BCUT2D eigenvalue weighted by Gasteiger charge is 2.36. The predicted molar refractivity (Wildman–Crippen MR) is 90.5 cm³/mol. The molecule has 0 aromatic carbocycles. The highest BCUT2D eigenvalue weighted by Crippen LogP contribution is 2.36. The second-order valence-electron chi connectivity index (χ2n) is 6.71. The number of hydrogen-bond donors (Lipinski definition) is 2. The van der Waals surface area contributed by atoms with Gasteiger partial charge in [0.05, 0.1) is 10.6 Å². The van der Waals surface area contributed by atoms with Crippen LogP contribution in [0.15, 0.2) is 15.9 Å². The molecule has 0 saturated carbocycles.